The zero-order valence-corrected chi connectivity index (χ0v) is 9.93. The van der Waals surface area contributed by atoms with E-state index in [4.69, 9.17) is 5.73 Å². The molecule has 0 bridgehead atoms. The molecular formula is C10H11F2N3OS. The Morgan fingerprint density at radius 3 is 2.82 bits per heavy atom. The normalized spacial score (nSPS) is 13.1. The largest absolute Gasteiger partial charge is 0.369 e. The molecule has 0 aliphatic rings. The Morgan fingerprint density at radius 1 is 1.47 bits per heavy atom. The summed E-state index contributed by atoms with van der Waals surface area (Å²) in [6.45, 7) is 0.242. The number of nitrogen functional groups attached to an aromatic ring is 1. The van der Waals surface area contributed by atoms with Crippen LogP contribution < -0.4 is 5.73 Å². The van der Waals surface area contributed by atoms with Crippen molar-refractivity contribution in [3.63, 3.8) is 0 Å². The van der Waals surface area contributed by atoms with Crippen molar-refractivity contribution in [2.24, 2.45) is 0 Å². The van der Waals surface area contributed by atoms with Crippen molar-refractivity contribution in [3.05, 3.63) is 23.8 Å². The van der Waals surface area contributed by atoms with Crippen molar-refractivity contribution in [1.29, 1.82) is 0 Å². The SMILES string of the molecule is CS(=O)CCn1c(N)nc2ccc(F)c(F)c21. The molecule has 0 spiro atoms. The van der Waals surface area contributed by atoms with Crippen LogP contribution in [0.3, 0.4) is 0 Å². The highest BCUT2D eigenvalue weighted by molar-refractivity contribution is 7.84. The molecule has 0 radical (unpaired) electrons. The molecule has 2 aromatic rings. The lowest BCUT2D eigenvalue weighted by Gasteiger charge is -2.05. The van der Waals surface area contributed by atoms with E-state index in [9.17, 15) is 13.0 Å². The zero-order chi connectivity index (χ0) is 12.6. The molecule has 1 aromatic carbocycles. The fraction of sp³-hybridized carbons (Fsp3) is 0.300. The van der Waals surface area contributed by atoms with Crippen LogP contribution in [-0.2, 0) is 17.3 Å². The van der Waals surface area contributed by atoms with Crippen LogP contribution in [0.25, 0.3) is 11.0 Å². The molecule has 2 rings (SSSR count). The van der Waals surface area contributed by atoms with Crippen LogP contribution in [0.15, 0.2) is 12.1 Å². The number of anilines is 1. The van der Waals surface area contributed by atoms with E-state index >= 15 is 0 Å². The lowest BCUT2D eigenvalue weighted by atomic mass is 10.3. The van der Waals surface area contributed by atoms with Gasteiger partial charge in [0.05, 0.1) is 5.52 Å². The third kappa shape index (κ3) is 2.14. The quantitative estimate of drug-likeness (QED) is 0.903. The van der Waals surface area contributed by atoms with Crippen LogP contribution >= 0.6 is 0 Å². The van der Waals surface area contributed by atoms with Crippen LogP contribution in [0.5, 0.6) is 0 Å². The van der Waals surface area contributed by atoms with E-state index in [0.717, 1.165) is 6.07 Å². The van der Waals surface area contributed by atoms with Gasteiger partial charge in [-0.05, 0) is 12.1 Å². The highest BCUT2D eigenvalue weighted by Gasteiger charge is 2.15. The van der Waals surface area contributed by atoms with Crippen molar-refractivity contribution in [2.75, 3.05) is 17.7 Å². The Bertz CT molecular complexity index is 597. The summed E-state index contributed by atoms with van der Waals surface area (Å²) in [4.78, 5) is 3.93. The summed E-state index contributed by atoms with van der Waals surface area (Å²) in [5.74, 6) is -1.52. The van der Waals surface area contributed by atoms with Crippen molar-refractivity contribution in [1.82, 2.24) is 9.55 Å². The molecular weight excluding hydrogens is 248 g/mol. The van der Waals surface area contributed by atoms with E-state index in [1.165, 1.54) is 16.9 Å². The molecule has 0 aliphatic carbocycles. The maximum atomic E-state index is 13.6. The van der Waals surface area contributed by atoms with Gasteiger partial charge in [0.15, 0.2) is 11.6 Å². The highest BCUT2D eigenvalue weighted by atomic mass is 32.2. The van der Waals surface area contributed by atoms with Crippen LogP contribution in [0.1, 0.15) is 0 Å². The summed E-state index contributed by atoms with van der Waals surface area (Å²) in [5.41, 5.74) is 5.94. The molecule has 0 fully saturated rings. The molecule has 2 N–H and O–H groups in total. The molecule has 17 heavy (non-hydrogen) atoms. The van der Waals surface area contributed by atoms with Crippen LogP contribution in [0, 0.1) is 11.6 Å². The second kappa shape index (κ2) is 4.40. The Balaban J connectivity index is 2.56. The smallest absolute Gasteiger partial charge is 0.201 e. The first-order valence-electron chi connectivity index (χ1n) is 4.90. The first-order chi connectivity index (χ1) is 8.00. The van der Waals surface area contributed by atoms with E-state index in [-0.39, 0.29) is 18.0 Å². The van der Waals surface area contributed by atoms with Gasteiger partial charge in [-0.3, -0.25) is 4.21 Å². The molecule has 1 aromatic heterocycles. The Kier molecular flexibility index (Phi) is 3.10. The van der Waals surface area contributed by atoms with Gasteiger partial charge in [0, 0.05) is 29.4 Å². The Labute approximate surface area is 98.9 Å². The summed E-state index contributed by atoms with van der Waals surface area (Å²) < 4.78 is 39.1. The summed E-state index contributed by atoms with van der Waals surface area (Å²) >= 11 is 0. The third-order valence-electron chi connectivity index (χ3n) is 2.43. The van der Waals surface area contributed by atoms with Gasteiger partial charge < -0.3 is 10.3 Å². The zero-order valence-electron chi connectivity index (χ0n) is 9.11. The number of rotatable bonds is 3. The highest BCUT2D eigenvalue weighted by Crippen LogP contribution is 2.22. The number of aromatic nitrogens is 2. The summed E-state index contributed by atoms with van der Waals surface area (Å²) in [7, 11) is -1.03. The molecule has 1 atom stereocenters. The van der Waals surface area contributed by atoms with E-state index in [1.54, 1.807) is 0 Å². The summed E-state index contributed by atoms with van der Waals surface area (Å²) in [6, 6.07) is 2.37. The van der Waals surface area contributed by atoms with Crippen molar-refractivity contribution < 1.29 is 13.0 Å². The van der Waals surface area contributed by atoms with Gasteiger partial charge in [-0.2, -0.15) is 0 Å². The van der Waals surface area contributed by atoms with Gasteiger partial charge in [0.1, 0.15) is 5.52 Å². The number of nitrogens with two attached hydrogens (primary N) is 1. The van der Waals surface area contributed by atoms with Crippen molar-refractivity contribution >= 4 is 27.8 Å². The molecule has 0 saturated carbocycles. The molecule has 1 heterocycles. The molecule has 0 aliphatic heterocycles. The number of hydrogen-bond acceptors (Lipinski definition) is 3. The number of nitrogens with zero attached hydrogens (tertiary/aromatic N) is 2. The Hall–Kier alpha value is -1.50. The minimum absolute atomic E-state index is 0.0213. The van der Waals surface area contributed by atoms with E-state index < -0.39 is 22.4 Å². The van der Waals surface area contributed by atoms with E-state index in [1.807, 2.05) is 0 Å². The molecule has 92 valence electrons. The number of imidazole rings is 1. The number of aryl methyl sites for hydroxylation is 1. The van der Waals surface area contributed by atoms with Crippen molar-refractivity contribution in [2.45, 2.75) is 6.54 Å². The third-order valence-corrected chi connectivity index (χ3v) is 3.19. The first-order valence-corrected chi connectivity index (χ1v) is 6.63. The average molecular weight is 259 g/mol. The maximum absolute atomic E-state index is 13.6. The van der Waals surface area contributed by atoms with Crippen LogP contribution in [0.4, 0.5) is 14.7 Å². The lowest BCUT2D eigenvalue weighted by Crippen LogP contribution is -2.10. The number of halogens is 2. The van der Waals surface area contributed by atoms with Gasteiger partial charge in [-0.25, -0.2) is 13.8 Å². The predicted molar refractivity (Wildman–Crippen MR) is 63.0 cm³/mol. The molecule has 0 amide bonds. The summed E-state index contributed by atoms with van der Waals surface area (Å²) in [5, 5.41) is 0. The van der Waals surface area contributed by atoms with E-state index in [2.05, 4.69) is 4.98 Å². The minimum Gasteiger partial charge on any atom is -0.369 e. The molecule has 0 saturated heterocycles. The Morgan fingerprint density at radius 2 is 2.18 bits per heavy atom. The summed E-state index contributed by atoms with van der Waals surface area (Å²) in [6.07, 6.45) is 1.53. The van der Waals surface area contributed by atoms with Gasteiger partial charge >= 0.3 is 0 Å². The fourth-order valence-corrected chi connectivity index (χ4v) is 2.06. The molecule has 1 unspecified atom stereocenters. The monoisotopic (exact) mass is 259 g/mol. The first kappa shape index (κ1) is 12.0. The topological polar surface area (TPSA) is 60.9 Å². The van der Waals surface area contributed by atoms with Gasteiger partial charge in [0.25, 0.3) is 0 Å². The number of fused-ring (bicyclic) bond motifs is 1. The second-order valence-electron chi connectivity index (χ2n) is 3.63. The van der Waals surface area contributed by atoms with Crippen LogP contribution in [-0.4, -0.2) is 25.8 Å². The number of benzene rings is 1. The second-order valence-corrected chi connectivity index (χ2v) is 5.18. The maximum Gasteiger partial charge on any atom is 0.201 e. The van der Waals surface area contributed by atoms with Gasteiger partial charge in [0.2, 0.25) is 5.95 Å². The average Bonchev–Trinajstić information content (AvgIpc) is 2.58. The lowest BCUT2D eigenvalue weighted by molar-refractivity contribution is 0.512. The molecule has 7 heteroatoms. The standard InChI is InChI=1S/C10H11F2N3OS/c1-17(16)5-4-15-9-7(14-10(15)13)3-2-6(11)8(9)12/h2-3H,4-5H2,1H3,(H2,13,14). The van der Waals surface area contributed by atoms with Gasteiger partial charge in [-0.15, -0.1) is 0 Å². The number of hydrogen-bond donors (Lipinski definition) is 1. The fourth-order valence-electron chi connectivity index (χ4n) is 1.62. The predicted octanol–water partition coefficient (Wildman–Crippen LogP) is 1.28. The minimum atomic E-state index is -1.03. The molecule has 4 nitrogen and oxygen atoms in total. The van der Waals surface area contributed by atoms with Crippen LogP contribution in [0.2, 0.25) is 0 Å². The van der Waals surface area contributed by atoms with Crippen molar-refractivity contribution in [3.8, 4) is 0 Å². The van der Waals surface area contributed by atoms with E-state index in [0.29, 0.717) is 11.3 Å². The van der Waals surface area contributed by atoms with Gasteiger partial charge in [-0.1, -0.05) is 0 Å².